The van der Waals surface area contributed by atoms with Gasteiger partial charge in [-0.05, 0) is 54.1 Å². The molecule has 0 radical (unpaired) electrons. The number of hydrogen-bond acceptors (Lipinski definition) is 3. The van der Waals surface area contributed by atoms with E-state index in [4.69, 9.17) is 4.74 Å². The van der Waals surface area contributed by atoms with E-state index in [-0.39, 0.29) is 11.4 Å². The Bertz CT molecular complexity index is 1560. The standard InChI is InChI=1S/C29H22F3N3O2/c1-33-28(36)21-9-5-10-23(17-21)37-22-15-13-20(14-16-22)27-24-11-6-12-25(29(30,31)32)26(24)34-35(27)18-19-7-3-2-4-8-19/h2-17H,18H2,1H3,(H,33,36). The maximum Gasteiger partial charge on any atom is 0.418 e. The van der Waals surface area contributed by atoms with Crippen molar-refractivity contribution < 1.29 is 22.7 Å². The zero-order valence-corrected chi connectivity index (χ0v) is 19.8. The molecule has 8 heteroatoms. The van der Waals surface area contributed by atoms with Crippen molar-refractivity contribution >= 4 is 16.8 Å². The van der Waals surface area contributed by atoms with Crippen molar-refractivity contribution in [2.75, 3.05) is 7.05 Å². The molecular weight excluding hydrogens is 479 g/mol. The van der Waals surface area contributed by atoms with Gasteiger partial charge in [-0.3, -0.25) is 9.48 Å². The number of benzene rings is 4. The lowest BCUT2D eigenvalue weighted by atomic mass is 10.0. The number of carbonyl (C=O) groups excluding carboxylic acids is 1. The number of fused-ring (bicyclic) bond motifs is 1. The predicted molar refractivity (Wildman–Crippen MR) is 136 cm³/mol. The molecule has 0 bridgehead atoms. The van der Waals surface area contributed by atoms with Crippen LogP contribution in [0.5, 0.6) is 11.5 Å². The minimum atomic E-state index is -4.52. The molecule has 5 rings (SSSR count). The van der Waals surface area contributed by atoms with Gasteiger partial charge in [0.2, 0.25) is 0 Å². The van der Waals surface area contributed by atoms with E-state index in [0.717, 1.165) is 11.6 Å². The normalized spacial score (nSPS) is 11.5. The summed E-state index contributed by atoms with van der Waals surface area (Å²) >= 11 is 0. The molecule has 1 amide bonds. The average molecular weight is 502 g/mol. The van der Waals surface area contributed by atoms with Crippen molar-refractivity contribution in [3.8, 4) is 22.8 Å². The Morgan fingerprint density at radius 1 is 0.892 bits per heavy atom. The summed E-state index contributed by atoms with van der Waals surface area (Å²) in [5.41, 5.74) is 1.80. The van der Waals surface area contributed by atoms with Crippen LogP contribution >= 0.6 is 0 Å². The maximum atomic E-state index is 13.8. The third kappa shape index (κ3) is 5.04. The van der Waals surface area contributed by atoms with Gasteiger partial charge in [0.1, 0.15) is 17.0 Å². The van der Waals surface area contributed by atoms with Crippen molar-refractivity contribution in [3.63, 3.8) is 0 Å². The predicted octanol–water partition coefficient (Wildman–Crippen LogP) is 6.92. The van der Waals surface area contributed by atoms with E-state index in [1.54, 1.807) is 66.3 Å². The lowest BCUT2D eigenvalue weighted by Gasteiger charge is -2.11. The Hall–Kier alpha value is -4.59. The lowest BCUT2D eigenvalue weighted by Crippen LogP contribution is -2.17. The van der Waals surface area contributed by atoms with Crippen LogP contribution in [0.4, 0.5) is 13.2 Å². The summed E-state index contributed by atoms with van der Waals surface area (Å²) in [6.45, 7) is 0.312. The second-order valence-electron chi connectivity index (χ2n) is 8.42. The molecule has 0 saturated carbocycles. The minimum absolute atomic E-state index is 0.0905. The Kier molecular flexibility index (Phi) is 6.40. The Morgan fingerprint density at radius 3 is 2.32 bits per heavy atom. The molecule has 1 heterocycles. The molecule has 37 heavy (non-hydrogen) atoms. The van der Waals surface area contributed by atoms with E-state index < -0.39 is 11.7 Å². The number of hydrogen-bond donors (Lipinski definition) is 1. The fourth-order valence-electron chi connectivity index (χ4n) is 4.22. The zero-order valence-electron chi connectivity index (χ0n) is 19.8. The summed E-state index contributed by atoms with van der Waals surface area (Å²) in [6.07, 6.45) is -4.52. The van der Waals surface area contributed by atoms with Crippen LogP contribution < -0.4 is 10.1 Å². The number of amides is 1. The molecule has 0 atom stereocenters. The van der Waals surface area contributed by atoms with E-state index in [9.17, 15) is 18.0 Å². The van der Waals surface area contributed by atoms with Gasteiger partial charge < -0.3 is 10.1 Å². The second-order valence-corrected chi connectivity index (χ2v) is 8.42. The zero-order chi connectivity index (χ0) is 26.0. The summed E-state index contributed by atoms with van der Waals surface area (Å²) < 4.78 is 48.8. The molecule has 0 aliphatic carbocycles. The van der Waals surface area contributed by atoms with Crippen molar-refractivity contribution in [1.29, 1.82) is 0 Å². The molecule has 0 unspecified atom stereocenters. The average Bonchev–Trinajstić information content (AvgIpc) is 3.26. The van der Waals surface area contributed by atoms with Crippen molar-refractivity contribution in [2.24, 2.45) is 0 Å². The van der Waals surface area contributed by atoms with Crippen LogP contribution in [-0.4, -0.2) is 22.7 Å². The van der Waals surface area contributed by atoms with Gasteiger partial charge in [-0.1, -0.05) is 48.5 Å². The molecule has 0 aliphatic heterocycles. The van der Waals surface area contributed by atoms with Gasteiger partial charge in [0.15, 0.2) is 0 Å². The first-order chi connectivity index (χ1) is 17.8. The molecular formula is C29H22F3N3O2. The Balaban J connectivity index is 1.54. The summed E-state index contributed by atoms with van der Waals surface area (Å²) in [7, 11) is 1.55. The number of alkyl halides is 3. The quantitative estimate of drug-likeness (QED) is 0.275. The third-order valence-electron chi connectivity index (χ3n) is 5.94. The van der Waals surface area contributed by atoms with Crippen LogP contribution in [0.25, 0.3) is 22.2 Å². The van der Waals surface area contributed by atoms with E-state index in [1.165, 1.54) is 6.07 Å². The van der Waals surface area contributed by atoms with Gasteiger partial charge >= 0.3 is 6.18 Å². The molecule has 0 fully saturated rings. The van der Waals surface area contributed by atoms with Crippen molar-refractivity contribution in [3.05, 3.63) is 114 Å². The highest BCUT2D eigenvalue weighted by Crippen LogP contribution is 2.38. The highest BCUT2D eigenvalue weighted by Gasteiger charge is 2.34. The molecule has 0 aliphatic rings. The maximum absolute atomic E-state index is 13.8. The first-order valence-electron chi connectivity index (χ1n) is 11.5. The molecule has 0 spiro atoms. The molecule has 1 N–H and O–H groups in total. The molecule has 1 aromatic heterocycles. The van der Waals surface area contributed by atoms with Crippen LogP contribution in [0, 0.1) is 0 Å². The van der Waals surface area contributed by atoms with Crippen molar-refractivity contribution in [1.82, 2.24) is 15.1 Å². The number of aromatic nitrogens is 2. The highest BCUT2D eigenvalue weighted by atomic mass is 19.4. The molecule has 5 aromatic rings. The van der Waals surface area contributed by atoms with Gasteiger partial charge in [-0.25, -0.2) is 0 Å². The molecule has 4 aromatic carbocycles. The number of halogens is 3. The molecule has 186 valence electrons. The summed E-state index contributed by atoms with van der Waals surface area (Å²) in [5.74, 6) is 0.785. The van der Waals surface area contributed by atoms with Crippen LogP contribution in [0.3, 0.4) is 0 Å². The van der Waals surface area contributed by atoms with Crippen molar-refractivity contribution in [2.45, 2.75) is 12.7 Å². The van der Waals surface area contributed by atoms with Crippen LogP contribution in [0.2, 0.25) is 0 Å². The van der Waals surface area contributed by atoms with E-state index >= 15 is 0 Å². The fraction of sp³-hybridized carbons (Fsp3) is 0.103. The van der Waals surface area contributed by atoms with E-state index in [1.807, 2.05) is 30.3 Å². The van der Waals surface area contributed by atoms with Gasteiger partial charge in [0, 0.05) is 23.6 Å². The van der Waals surface area contributed by atoms with E-state index in [2.05, 4.69) is 10.4 Å². The van der Waals surface area contributed by atoms with Crippen LogP contribution in [0.15, 0.2) is 97.1 Å². The number of nitrogens with zero attached hydrogens (tertiary/aromatic N) is 2. The summed E-state index contributed by atoms with van der Waals surface area (Å²) in [5, 5.41) is 7.39. The Morgan fingerprint density at radius 2 is 1.62 bits per heavy atom. The number of nitrogens with one attached hydrogen (secondary N) is 1. The molecule has 0 saturated heterocycles. The van der Waals surface area contributed by atoms with E-state index in [0.29, 0.717) is 40.3 Å². The van der Waals surface area contributed by atoms with Gasteiger partial charge in [-0.15, -0.1) is 0 Å². The first-order valence-corrected chi connectivity index (χ1v) is 11.5. The summed E-state index contributed by atoms with van der Waals surface area (Å²) in [6, 6.07) is 27.4. The minimum Gasteiger partial charge on any atom is -0.457 e. The topological polar surface area (TPSA) is 56.1 Å². The van der Waals surface area contributed by atoms with Gasteiger partial charge in [0.25, 0.3) is 5.91 Å². The number of carbonyl (C=O) groups is 1. The Labute approximate surface area is 211 Å². The first kappa shape index (κ1) is 24.1. The van der Waals surface area contributed by atoms with Gasteiger partial charge in [0.05, 0.1) is 17.8 Å². The smallest absolute Gasteiger partial charge is 0.418 e. The second kappa shape index (κ2) is 9.81. The third-order valence-corrected chi connectivity index (χ3v) is 5.94. The number of ether oxygens (including phenoxy) is 1. The lowest BCUT2D eigenvalue weighted by molar-refractivity contribution is -0.136. The van der Waals surface area contributed by atoms with Crippen LogP contribution in [-0.2, 0) is 12.7 Å². The highest BCUT2D eigenvalue weighted by molar-refractivity contribution is 5.95. The SMILES string of the molecule is CNC(=O)c1cccc(Oc2ccc(-c3c4cccc(C(F)(F)F)c4nn3Cc3ccccc3)cc2)c1. The van der Waals surface area contributed by atoms with Crippen LogP contribution in [0.1, 0.15) is 21.5 Å². The molecule has 5 nitrogen and oxygen atoms in total. The fourth-order valence-corrected chi connectivity index (χ4v) is 4.22. The largest absolute Gasteiger partial charge is 0.457 e. The van der Waals surface area contributed by atoms with Gasteiger partial charge in [-0.2, -0.15) is 18.3 Å². The monoisotopic (exact) mass is 501 g/mol. The summed E-state index contributed by atoms with van der Waals surface area (Å²) in [4.78, 5) is 11.9. The number of rotatable bonds is 6.